The third-order valence-electron chi connectivity index (χ3n) is 5.00. The molecule has 0 radical (unpaired) electrons. The molecule has 0 aromatic heterocycles. The molecule has 2 bridgehead atoms. The number of Topliss-reactive ketones (excluding diaryl/α,β-unsaturated/α-hetero) is 1. The van der Waals surface area contributed by atoms with Crippen LogP contribution in [0.1, 0.15) is 30.4 Å². The second kappa shape index (κ2) is 3.27. The van der Waals surface area contributed by atoms with E-state index >= 15 is 0 Å². The summed E-state index contributed by atoms with van der Waals surface area (Å²) in [4.78, 5) is 12.3. The van der Waals surface area contributed by atoms with E-state index in [-0.39, 0.29) is 22.9 Å². The van der Waals surface area contributed by atoms with Gasteiger partial charge in [0.05, 0.1) is 5.57 Å². The molecule has 2 atom stereocenters. The molecule has 1 saturated carbocycles. The number of aromatic hydroxyl groups is 1. The fourth-order valence-corrected chi connectivity index (χ4v) is 4.28. The smallest absolute Gasteiger partial charge is 0.176 e. The highest BCUT2D eigenvalue weighted by Gasteiger charge is 2.54. The molecule has 0 heterocycles. The summed E-state index contributed by atoms with van der Waals surface area (Å²) in [6, 6.07) is 7.43. The molecule has 2 unspecified atom stereocenters. The standard InChI is InChI=1S/C16H13NO2/c17-8-13-14-12-2-1-11(18)5-10(12)7-16(14)4-3-9(6-16)15(13)19/h1-2,5,9,18H,3-4,6-7H2. The molecular weight excluding hydrogens is 238 g/mol. The minimum absolute atomic E-state index is 0.0141. The fraction of sp³-hybridized carbons (Fsp3) is 0.375. The van der Waals surface area contributed by atoms with Crippen molar-refractivity contribution in [1.82, 2.24) is 0 Å². The number of benzene rings is 1. The zero-order valence-corrected chi connectivity index (χ0v) is 10.4. The highest BCUT2D eigenvalue weighted by molar-refractivity contribution is 6.11. The fourth-order valence-electron chi connectivity index (χ4n) is 4.28. The number of rotatable bonds is 0. The monoisotopic (exact) mass is 251 g/mol. The summed E-state index contributed by atoms with van der Waals surface area (Å²) in [6.07, 6.45) is 3.62. The van der Waals surface area contributed by atoms with Gasteiger partial charge in [-0.2, -0.15) is 5.26 Å². The molecule has 1 aromatic rings. The second-order valence-electron chi connectivity index (χ2n) is 5.96. The highest BCUT2D eigenvalue weighted by Crippen LogP contribution is 2.62. The maximum Gasteiger partial charge on any atom is 0.176 e. The van der Waals surface area contributed by atoms with Crippen LogP contribution in [-0.4, -0.2) is 10.9 Å². The molecule has 0 aliphatic heterocycles. The molecule has 0 amide bonds. The first-order valence-corrected chi connectivity index (χ1v) is 6.66. The van der Waals surface area contributed by atoms with Crippen molar-refractivity contribution in [1.29, 1.82) is 5.26 Å². The Hall–Kier alpha value is -2.08. The van der Waals surface area contributed by atoms with Crippen LogP contribution in [0.2, 0.25) is 0 Å². The minimum atomic E-state index is -0.0141. The predicted octanol–water partition coefficient (Wildman–Crippen LogP) is 2.59. The van der Waals surface area contributed by atoms with E-state index in [1.165, 1.54) is 0 Å². The minimum Gasteiger partial charge on any atom is -0.508 e. The number of carbonyl (C=O) groups excluding carboxylic acids is 1. The Labute approximate surface area is 111 Å². The molecule has 3 heteroatoms. The van der Waals surface area contributed by atoms with Crippen LogP contribution in [-0.2, 0) is 11.2 Å². The summed E-state index contributed by atoms with van der Waals surface area (Å²) in [5.41, 5.74) is 3.41. The molecule has 3 aliphatic carbocycles. The number of phenols is 1. The maximum atomic E-state index is 12.3. The van der Waals surface area contributed by atoms with E-state index in [1.54, 1.807) is 12.1 Å². The summed E-state index contributed by atoms with van der Waals surface area (Å²) in [6.45, 7) is 0. The van der Waals surface area contributed by atoms with E-state index in [0.29, 0.717) is 5.57 Å². The van der Waals surface area contributed by atoms with Crippen LogP contribution in [0.15, 0.2) is 23.8 Å². The van der Waals surface area contributed by atoms with Gasteiger partial charge in [0.25, 0.3) is 0 Å². The topological polar surface area (TPSA) is 61.1 Å². The number of ketones is 1. The van der Waals surface area contributed by atoms with E-state index < -0.39 is 0 Å². The Morgan fingerprint density at radius 3 is 3.05 bits per heavy atom. The molecule has 4 rings (SSSR count). The third kappa shape index (κ3) is 1.19. The van der Waals surface area contributed by atoms with Crippen LogP contribution >= 0.6 is 0 Å². The third-order valence-corrected chi connectivity index (χ3v) is 5.00. The van der Waals surface area contributed by atoms with Gasteiger partial charge in [0, 0.05) is 11.3 Å². The number of hydrogen-bond donors (Lipinski definition) is 1. The van der Waals surface area contributed by atoms with E-state index in [1.807, 2.05) is 6.07 Å². The summed E-state index contributed by atoms with van der Waals surface area (Å²) in [5, 5.41) is 19.0. The molecule has 19 heavy (non-hydrogen) atoms. The molecule has 94 valence electrons. The Bertz CT molecular complexity index is 695. The predicted molar refractivity (Wildman–Crippen MR) is 69.1 cm³/mol. The van der Waals surface area contributed by atoms with Crippen LogP contribution in [0.4, 0.5) is 0 Å². The van der Waals surface area contributed by atoms with Crippen LogP contribution in [0.25, 0.3) is 5.57 Å². The van der Waals surface area contributed by atoms with Crippen LogP contribution in [0.5, 0.6) is 5.75 Å². The van der Waals surface area contributed by atoms with Crippen molar-refractivity contribution in [2.45, 2.75) is 25.7 Å². The molecule has 1 spiro atoms. The van der Waals surface area contributed by atoms with Gasteiger partial charge in [-0.25, -0.2) is 0 Å². The van der Waals surface area contributed by atoms with Crippen molar-refractivity contribution in [2.24, 2.45) is 11.3 Å². The van der Waals surface area contributed by atoms with Gasteiger partial charge < -0.3 is 5.11 Å². The first-order valence-electron chi connectivity index (χ1n) is 6.66. The summed E-state index contributed by atoms with van der Waals surface area (Å²) >= 11 is 0. The van der Waals surface area contributed by atoms with E-state index in [0.717, 1.165) is 42.4 Å². The number of fused-ring (bicyclic) bond motifs is 3. The number of phenolic OH excluding ortho intramolecular Hbond substituents is 1. The van der Waals surface area contributed by atoms with E-state index in [2.05, 4.69) is 6.07 Å². The summed E-state index contributed by atoms with van der Waals surface area (Å²) < 4.78 is 0. The quantitative estimate of drug-likeness (QED) is 0.771. The lowest BCUT2D eigenvalue weighted by Crippen LogP contribution is -2.27. The van der Waals surface area contributed by atoms with Crippen molar-refractivity contribution < 1.29 is 9.90 Å². The molecule has 0 saturated heterocycles. The Morgan fingerprint density at radius 2 is 2.26 bits per heavy atom. The van der Waals surface area contributed by atoms with Crippen molar-refractivity contribution in [3.05, 3.63) is 34.9 Å². The lowest BCUT2D eigenvalue weighted by atomic mass is 9.71. The van der Waals surface area contributed by atoms with Gasteiger partial charge in [0.2, 0.25) is 0 Å². The largest absolute Gasteiger partial charge is 0.508 e. The zero-order chi connectivity index (χ0) is 13.2. The van der Waals surface area contributed by atoms with Gasteiger partial charge in [0.1, 0.15) is 11.8 Å². The molecule has 3 aliphatic rings. The molecule has 1 fully saturated rings. The number of hydrogen-bond acceptors (Lipinski definition) is 3. The van der Waals surface area contributed by atoms with Gasteiger partial charge in [-0.1, -0.05) is 6.07 Å². The van der Waals surface area contributed by atoms with Gasteiger partial charge in [-0.15, -0.1) is 0 Å². The SMILES string of the molecule is N#CC1=C2c3ccc(O)cc3CC23CCC(C3)C1=O. The normalized spacial score (nSPS) is 31.1. The van der Waals surface area contributed by atoms with Crippen LogP contribution in [0, 0.1) is 22.7 Å². The van der Waals surface area contributed by atoms with Crippen molar-refractivity contribution in [3.8, 4) is 11.8 Å². The Balaban J connectivity index is 2.04. The van der Waals surface area contributed by atoms with Gasteiger partial charge in [0.15, 0.2) is 5.78 Å². The Kier molecular flexibility index (Phi) is 1.86. The number of carbonyl (C=O) groups is 1. The zero-order valence-electron chi connectivity index (χ0n) is 10.4. The lowest BCUT2D eigenvalue weighted by molar-refractivity contribution is -0.119. The first-order chi connectivity index (χ1) is 9.14. The van der Waals surface area contributed by atoms with Gasteiger partial charge in [-0.3, -0.25) is 4.79 Å². The molecular formula is C16H13NO2. The maximum absolute atomic E-state index is 12.3. The number of nitriles is 1. The molecule has 1 aromatic carbocycles. The van der Waals surface area contributed by atoms with E-state index in [9.17, 15) is 15.2 Å². The van der Waals surface area contributed by atoms with Crippen LogP contribution in [0.3, 0.4) is 0 Å². The average molecular weight is 251 g/mol. The highest BCUT2D eigenvalue weighted by atomic mass is 16.3. The second-order valence-corrected chi connectivity index (χ2v) is 5.96. The molecule has 3 nitrogen and oxygen atoms in total. The van der Waals surface area contributed by atoms with Crippen molar-refractivity contribution in [2.75, 3.05) is 0 Å². The van der Waals surface area contributed by atoms with Gasteiger partial charge in [-0.05, 0) is 54.5 Å². The van der Waals surface area contributed by atoms with Crippen molar-refractivity contribution in [3.63, 3.8) is 0 Å². The van der Waals surface area contributed by atoms with Gasteiger partial charge >= 0.3 is 0 Å². The number of allylic oxidation sites excluding steroid dienone is 2. The molecule has 1 N–H and O–H groups in total. The van der Waals surface area contributed by atoms with E-state index in [4.69, 9.17) is 0 Å². The van der Waals surface area contributed by atoms with Crippen LogP contribution < -0.4 is 0 Å². The first kappa shape index (κ1) is 10.8. The lowest BCUT2D eigenvalue weighted by Gasteiger charge is -2.30. The van der Waals surface area contributed by atoms with Crippen molar-refractivity contribution >= 4 is 11.4 Å². The number of nitrogens with zero attached hydrogens (tertiary/aromatic N) is 1. The summed E-state index contributed by atoms with van der Waals surface area (Å²) in [5.74, 6) is 0.335. The Morgan fingerprint density at radius 1 is 1.42 bits per heavy atom. The summed E-state index contributed by atoms with van der Waals surface area (Å²) in [7, 11) is 0. The average Bonchev–Trinajstić information content (AvgIpc) is 2.91.